The Morgan fingerprint density at radius 2 is 2.07 bits per heavy atom. The summed E-state index contributed by atoms with van der Waals surface area (Å²) in [7, 11) is 0. The van der Waals surface area contributed by atoms with Gasteiger partial charge in [0.2, 0.25) is 0 Å². The summed E-state index contributed by atoms with van der Waals surface area (Å²) in [5.74, 6) is 0.368. The smallest absolute Gasteiger partial charge is 0.316 e. The molecule has 6 heteroatoms. The summed E-state index contributed by atoms with van der Waals surface area (Å²) in [6.07, 6.45) is -0.600. The maximum atomic E-state index is 9.80. The minimum Gasteiger partial charge on any atom is -0.508 e. The van der Waals surface area contributed by atoms with Crippen molar-refractivity contribution in [2.75, 3.05) is 0 Å². The zero-order valence-corrected chi connectivity index (χ0v) is 8.14. The van der Waals surface area contributed by atoms with E-state index < -0.39 is 12.4 Å². The lowest BCUT2D eigenvalue weighted by Crippen LogP contribution is -2.31. The minimum atomic E-state index is -0.650. The van der Waals surface area contributed by atoms with Crippen LogP contribution in [0.15, 0.2) is 24.3 Å². The van der Waals surface area contributed by atoms with E-state index in [1.165, 1.54) is 0 Å². The van der Waals surface area contributed by atoms with Crippen molar-refractivity contribution in [1.82, 2.24) is 5.32 Å². The third-order valence-corrected chi connectivity index (χ3v) is 1.57. The van der Waals surface area contributed by atoms with E-state index >= 15 is 0 Å². The molecule has 1 aromatic rings. The van der Waals surface area contributed by atoms with Crippen LogP contribution < -0.4 is 11.1 Å². The molecule has 1 heterocycles. The molecule has 2 amide bonds. The molecule has 2 rings (SSSR count). The molecule has 1 aromatic carbocycles. The number of primary amides is 1. The fourth-order valence-electron chi connectivity index (χ4n) is 0.755. The Morgan fingerprint density at radius 1 is 1.47 bits per heavy atom. The lowest BCUT2D eigenvalue weighted by Gasteiger charge is -1.92. The molecule has 0 bridgehead atoms. The van der Waals surface area contributed by atoms with E-state index in [1.807, 2.05) is 25.1 Å². The van der Waals surface area contributed by atoms with Gasteiger partial charge in [0.15, 0.2) is 0 Å². The highest BCUT2D eigenvalue weighted by Gasteiger charge is 2.26. The Labute approximate surface area is 86.5 Å². The van der Waals surface area contributed by atoms with E-state index in [1.54, 1.807) is 6.07 Å². The van der Waals surface area contributed by atoms with E-state index in [-0.39, 0.29) is 0 Å². The van der Waals surface area contributed by atoms with E-state index in [0.29, 0.717) is 5.75 Å². The predicted octanol–water partition coefficient (Wildman–Crippen LogP) is 0.601. The van der Waals surface area contributed by atoms with Crippen LogP contribution in [0.25, 0.3) is 0 Å². The Kier molecular flexibility index (Phi) is 3.90. The summed E-state index contributed by atoms with van der Waals surface area (Å²) in [5, 5.41) is 11.0. The summed E-state index contributed by atoms with van der Waals surface area (Å²) in [6.45, 7) is 1.87. The normalized spacial score (nSPS) is 13.7. The van der Waals surface area contributed by atoms with Crippen LogP contribution in [0.1, 0.15) is 5.56 Å². The van der Waals surface area contributed by atoms with Gasteiger partial charge < -0.3 is 10.8 Å². The van der Waals surface area contributed by atoms with Crippen molar-refractivity contribution in [2.24, 2.45) is 5.73 Å². The van der Waals surface area contributed by atoms with Crippen LogP contribution in [0.3, 0.4) is 0 Å². The molecule has 0 atom stereocenters. The highest BCUT2D eigenvalue weighted by atomic mass is 17.4. The third kappa shape index (κ3) is 4.84. The number of phenolic OH excluding ortho intramolecular Hbond substituents is 1. The number of carbonyl (C=O) groups excluding carboxylic acids is 1. The van der Waals surface area contributed by atoms with Gasteiger partial charge in [0, 0.05) is 0 Å². The number of rotatable bonds is 1. The molecule has 0 aliphatic carbocycles. The quantitative estimate of drug-likeness (QED) is 0.468. The van der Waals surface area contributed by atoms with Crippen molar-refractivity contribution in [3.8, 4) is 5.75 Å². The Balaban J connectivity index is 0.000000151. The van der Waals surface area contributed by atoms with Gasteiger partial charge >= 0.3 is 12.4 Å². The number of amides is 2. The van der Waals surface area contributed by atoms with Crippen molar-refractivity contribution in [3.05, 3.63) is 29.8 Å². The highest BCUT2D eigenvalue weighted by Crippen LogP contribution is 2.12. The van der Waals surface area contributed by atoms with Gasteiger partial charge in [-0.15, -0.1) is 0 Å². The predicted molar refractivity (Wildman–Crippen MR) is 51.5 cm³/mol. The average Bonchev–Trinajstić information content (AvgIpc) is 2.94. The molecule has 1 aliphatic rings. The molecule has 1 fully saturated rings. The molecule has 0 radical (unpaired) electrons. The van der Waals surface area contributed by atoms with Crippen LogP contribution in [0.5, 0.6) is 5.75 Å². The first-order chi connectivity index (χ1) is 7.09. The number of para-hydroxylation sites is 1. The maximum absolute atomic E-state index is 9.80. The van der Waals surface area contributed by atoms with Gasteiger partial charge in [0.05, 0.1) is 0 Å². The van der Waals surface area contributed by atoms with Crippen LogP contribution >= 0.6 is 0 Å². The van der Waals surface area contributed by atoms with Crippen molar-refractivity contribution in [3.63, 3.8) is 0 Å². The molecular weight excluding hydrogens is 200 g/mol. The number of carbonyl (C=O) groups is 1. The van der Waals surface area contributed by atoms with Gasteiger partial charge in [-0.25, -0.2) is 4.79 Å². The van der Waals surface area contributed by atoms with Gasteiger partial charge in [0.25, 0.3) is 0 Å². The Bertz CT molecular complexity index is 318. The number of benzene rings is 1. The zero-order valence-electron chi connectivity index (χ0n) is 8.14. The monoisotopic (exact) mass is 212 g/mol. The van der Waals surface area contributed by atoms with Crippen LogP contribution in [0, 0.1) is 6.92 Å². The summed E-state index contributed by atoms with van der Waals surface area (Å²) >= 11 is 0. The molecule has 1 aliphatic heterocycles. The molecule has 82 valence electrons. The number of hydrogen-bond acceptors (Lipinski definition) is 4. The molecule has 6 nitrogen and oxygen atoms in total. The fourth-order valence-corrected chi connectivity index (χ4v) is 0.755. The first kappa shape index (κ1) is 11.3. The SMILES string of the molecule is Cc1ccccc1O.NC(=O)NC1OO1. The molecule has 0 aromatic heterocycles. The number of hydrogen-bond donors (Lipinski definition) is 3. The third-order valence-electron chi connectivity index (χ3n) is 1.57. The minimum absolute atomic E-state index is 0.368. The zero-order chi connectivity index (χ0) is 11.3. The van der Waals surface area contributed by atoms with Gasteiger partial charge in [-0.2, -0.15) is 9.78 Å². The number of nitrogens with two attached hydrogens (primary N) is 1. The van der Waals surface area contributed by atoms with Crippen molar-refractivity contribution in [1.29, 1.82) is 0 Å². The maximum Gasteiger partial charge on any atom is 0.316 e. The first-order valence-electron chi connectivity index (χ1n) is 4.22. The lowest BCUT2D eigenvalue weighted by atomic mass is 10.2. The molecular formula is C9H12N2O4. The molecule has 15 heavy (non-hydrogen) atoms. The van der Waals surface area contributed by atoms with E-state index in [9.17, 15) is 4.79 Å². The summed E-state index contributed by atoms with van der Waals surface area (Å²) < 4.78 is 0. The molecule has 4 N–H and O–H groups in total. The van der Waals surface area contributed by atoms with Gasteiger partial charge in [-0.3, -0.25) is 5.32 Å². The second kappa shape index (κ2) is 5.18. The number of aromatic hydroxyl groups is 1. The molecule has 0 spiro atoms. The Hall–Kier alpha value is -1.79. The van der Waals surface area contributed by atoms with Crippen molar-refractivity contribution >= 4 is 6.03 Å². The number of nitrogens with one attached hydrogen (secondary N) is 1. The van der Waals surface area contributed by atoms with Gasteiger partial charge in [-0.05, 0) is 18.6 Å². The van der Waals surface area contributed by atoms with Gasteiger partial charge in [-0.1, -0.05) is 18.2 Å². The van der Waals surface area contributed by atoms with E-state index in [2.05, 4.69) is 20.8 Å². The molecule has 1 saturated heterocycles. The largest absolute Gasteiger partial charge is 0.508 e. The van der Waals surface area contributed by atoms with Crippen LogP contribution in [0.4, 0.5) is 4.79 Å². The highest BCUT2D eigenvalue weighted by molar-refractivity contribution is 5.71. The summed E-state index contributed by atoms with van der Waals surface area (Å²) in [6, 6.07) is 6.60. The van der Waals surface area contributed by atoms with Crippen LogP contribution in [-0.4, -0.2) is 17.6 Å². The molecule has 0 unspecified atom stereocenters. The van der Waals surface area contributed by atoms with Crippen molar-refractivity contribution < 1.29 is 19.7 Å². The summed E-state index contributed by atoms with van der Waals surface area (Å²) in [4.78, 5) is 18.0. The van der Waals surface area contributed by atoms with E-state index in [4.69, 9.17) is 5.11 Å². The first-order valence-corrected chi connectivity index (χ1v) is 4.22. The number of aryl methyl sites for hydroxylation is 1. The topological polar surface area (TPSA) is 100 Å². The summed E-state index contributed by atoms with van der Waals surface area (Å²) in [5.41, 5.74) is 5.55. The van der Waals surface area contributed by atoms with Gasteiger partial charge in [0.1, 0.15) is 5.75 Å². The van der Waals surface area contributed by atoms with E-state index in [0.717, 1.165) is 5.56 Å². The fraction of sp³-hybridized carbons (Fsp3) is 0.222. The Morgan fingerprint density at radius 3 is 2.33 bits per heavy atom. The molecule has 0 saturated carbocycles. The second-order valence-corrected chi connectivity index (χ2v) is 2.82. The number of urea groups is 1. The number of phenols is 1. The second-order valence-electron chi connectivity index (χ2n) is 2.82. The van der Waals surface area contributed by atoms with Crippen molar-refractivity contribution in [2.45, 2.75) is 13.3 Å². The average molecular weight is 212 g/mol. The standard InChI is InChI=1S/C7H8O.C2H4N2O3/c1-6-4-2-3-5-7(6)8;3-1(5)4-2-6-7-2/h2-5,8H,1H3;2H,(H3,3,4,5). The lowest BCUT2D eigenvalue weighted by molar-refractivity contribution is 0.0850. The van der Waals surface area contributed by atoms with Crippen LogP contribution in [-0.2, 0) is 9.78 Å². The van der Waals surface area contributed by atoms with Crippen LogP contribution in [0.2, 0.25) is 0 Å².